The molecule has 3 N–H and O–H groups in total. The van der Waals surface area contributed by atoms with Gasteiger partial charge >= 0.3 is 0 Å². The van der Waals surface area contributed by atoms with Gasteiger partial charge in [0.2, 0.25) is 5.95 Å². The fourth-order valence-corrected chi connectivity index (χ4v) is 4.23. The summed E-state index contributed by atoms with van der Waals surface area (Å²) in [6.45, 7) is 0.956. The lowest BCUT2D eigenvalue weighted by Crippen LogP contribution is -2.08. The van der Waals surface area contributed by atoms with E-state index in [1.165, 1.54) is 24.5 Å². The van der Waals surface area contributed by atoms with Crippen molar-refractivity contribution < 1.29 is 17.7 Å². The Morgan fingerprint density at radius 3 is 2.81 bits per heavy atom. The highest BCUT2D eigenvalue weighted by molar-refractivity contribution is 7.90. The molecule has 0 fully saturated rings. The van der Waals surface area contributed by atoms with Gasteiger partial charge in [-0.1, -0.05) is 0 Å². The third kappa shape index (κ3) is 5.50. The molecule has 0 saturated heterocycles. The molecule has 7 nitrogen and oxygen atoms in total. The molecule has 1 atom stereocenters. The van der Waals surface area contributed by atoms with E-state index in [0.29, 0.717) is 35.7 Å². The lowest BCUT2D eigenvalue weighted by atomic mass is 10.1. The zero-order valence-electron chi connectivity index (χ0n) is 17.5. The second-order valence-corrected chi connectivity index (χ2v) is 10.0. The van der Waals surface area contributed by atoms with Crippen LogP contribution in [0, 0.1) is 16.4 Å². The van der Waals surface area contributed by atoms with E-state index in [1.807, 2.05) is 0 Å². The number of nitrogens with zero attached hydrogens (tertiary/aromatic N) is 2. The molecule has 168 valence electrons. The van der Waals surface area contributed by atoms with Gasteiger partial charge in [0, 0.05) is 39.8 Å². The summed E-state index contributed by atoms with van der Waals surface area (Å²) in [5.41, 5.74) is 1.96. The second-order valence-electron chi connectivity index (χ2n) is 7.71. The van der Waals surface area contributed by atoms with E-state index in [4.69, 9.17) is 9.52 Å². The molecule has 1 aromatic heterocycles. The molecule has 0 radical (unpaired) electrons. The summed E-state index contributed by atoms with van der Waals surface area (Å²) >= 11 is 0. The first-order valence-electron chi connectivity index (χ1n) is 10.1. The van der Waals surface area contributed by atoms with Crippen LogP contribution < -0.4 is 15.4 Å². The van der Waals surface area contributed by atoms with Gasteiger partial charge in [0.1, 0.15) is 17.3 Å². The molecule has 6 bridgehead atoms. The topological polar surface area (TPSA) is 100.0 Å². The second kappa shape index (κ2) is 9.07. The van der Waals surface area contributed by atoms with Gasteiger partial charge in [-0.3, -0.25) is 4.78 Å². The van der Waals surface area contributed by atoms with Crippen molar-refractivity contribution >= 4 is 27.1 Å². The molecule has 2 aromatic carbocycles. The quantitative estimate of drug-likeness (QED) is 0.503. The van der Waals surface area contributed by atoms with Crippen LogP contribution in [0.1, 0.15) is 18.4 Å². The molecule has 32 heavy (non-hydrogen) atoms. The maximum atomic E-state index is 14.5. The SMILES string of the molecule is C[S@@](=N)(=O)Cc1cc2cc(c1)OCCCCNc1cc(ccc1F)-c1nc(ncc1F)N2. The monoisotopic (exact) mass is 459 g/mol. The molecular formula is C22H23F2N5O2S. The molecule has 10 heteroatoms. The minimum absolute atomic E-state index is 0.0352. The zero-order valence-corrected chi connectivity index (χ0v) is 18.3. The number of anilines is 3. The molecule has 2 heterocycles. The molecule has 1 aliphatic rings. The fourth-order valence-electron chi connectivity index (χ4n) is 3.42. The minimum atomic E-state index is -2.76. The largest absolute Gasteiger partial charge is 0.494 e. The van der Waals surface area contributed by atoms with Crippen LogP contribution >= 0.6 is 0 Å². The van der Waals surface area contributed by atoms with Crippen LogP contribution in [0.5, 0.6) is 5.75 Å². The predicted molar refractivity (Wildman–Crippen MR) is 121 cm³/mol. The number of benzene rings is 2. The van der Waals surface area contributed by atoms with Crippen LogP contribution in [-0.2, 0) is 15.5 Å². The molecular weight excluding hydrogens is 436 g/mol. The molecule has 0 spiro atoms. The highest BCUT2D eigenvalue weighted by atomic mass is 32.2. The average Bonchev–Trinajstić information content (AvgIpc) is 2.71. The van der Waals surface area contributed by atoms with Gasteiger partial charge in [-0.05, 0) is 48.7 Å². The van der Waals surface area contributed by atoms with Gasteiger partial charge in [0.15, 0.2) is 5.82 Å². The zero-order chi connectivity index (χ0) is 22.7. The summed E-state index contributed by atoms with van der Waals surface area (Å²) in [6.07, 6.45) is 3.89. The van der Waals surface area contributed by atoms with Crippen molar-refractivity contribution in [3.8, 4) is 17.0 Å². The van der Waals surface area contributed by atoms with E-state index in [0.717, 1.165) is 19.0 Å². The number of aromatic nitrogens is 2. The summed E-state index contributed by atoms with van der Waals surface area (Å²) in [4.78, 5) is 8.29. The minimum Gasteiger partial charge on any atom is -0.494 e. The number of rotatable bonds is 2. The van der Waals surface area contributed by atoms with E-state index < -0.39 is 21.4 Å². The number of ether oxygens (including phenoxy) is 1. The van der Waals surface area contributed by atoms with Crippen molar-refractivity contribution in [3.63, 3.8) is 0 Å². The maximum absolute atomic E-state index is 14.5. The summed E-state index contributed by atoms with van der Waals surface area (Å²) in [7, 11) is -2.76. The van der Waals surface area contributed by atoms with Crippen molar-refractivity contribution in [2.45, 2.75) is 18.6 Å². The Hall–Kier alpha value is -3.27. The van der Waals surface area contributed by atoms with Crippen LogP contribution in [0.15, 0.2) is 42.6 Å². The summed E-state index contributed by atoms with van der Waals surface area (Å²) in [5, 5.41) is 6.06. The normalized spacial score (nSPS) is 15.6. The first-order chi connectivity index (χ1) is 15.3. The summed E-state index contributed by atoms with van der Waals surface area (Å²) in [6, 6.07) is 9.51. The van der Waals surface area contributed by atoms with Crippen LogP contribution in [0.2, 0.25) is 0 Å². The Balaban J connectivity index is 1.77. The van der Waals surface area contributed by atoms with Gasteiger partial charge in [-0.25, -0.2) is 23.0 Å². The van der Waals surface area contributed by atoms with Crippen molar-refractivity contribution in [2.24, 2.45) is 0 Å². The standard InChI is InChI=1S/C22H23F2N5O2S/c1-32(25,30)13-14-8-16-11-17(9-14)31-7-3-2-6-26-20-10-15(4-5-18(20)23)21-19(24)12-27-22(28-16)29-21/h4-5,8-12,25-26H,2-3,6-7,13H2,1H3,(H,27,28,29)/t32-/m1/s1. The smallest absolute Gasteiger partial charge is 0.227 e. The third-order valence-corrected chi connectivity index (χ3v) is 5.69. The van der Waals surface area contributed by atoms with Gasteiger partial charge in [0.25, 0.3) is 0 Å². The number of nitrogens with one attached hydrogen (secondary N) is 3. The number of hydrogen-bond acceptors (Lipinski definition) is 7. The van der Waals surface area contributed by atoms with Crippen LogP contribution in [0.4, 0.5) is 26.1 Å². The molecule has 0 aliphatic carbocycles. The van der Waals surface area contributed by atoms with Gasteiger partial charge < -0.3 is 15.4 Å². The van der Waals surface area contributed by atoms with E-state index in [2.05, 4.69) is 20.6 Å². The molecule has 0 amide bonds. The van der Waals surface area contributed by atoms with Crippen molar-refractivity contribution in [1.82, 2.24) is 9.97 Å². The van der Waals surface area contributed by atoms with Crippen LogP contribution in [0.25, 0.3) is 11.3 Å². The highest BCUT2D eigenvalue weighted by Crippen LogP contribution is 2.29. The van der Waals surface area contributed by atoms with E-state index in [-0.39, 0.29) is 23.1 Å². The van der Waals surface area contributed by atoms with Gasteiger partial charge in [0.05, 0.1) is 24.2 Å². The summed E-state index contributed by atoms with van der Waals surface area (Å²) < 4.78 is 54.3. The Labute approximate surface area is 185 Å². The maximum Gasteiger partial charge on any atom is 0.227 e. The van der Waals surface area contributed by atoms with E-state index in [9.17, 15) is 13.0 Å². The Morgan fingerprint density at radius 2 is 2.00 bits per heavy atom. The van der Waals surface area contributed by atoms with Crippen LogP contribution in [-0.4, -0.2) is 33.6 Å². The molecule has 0 saturated carbocycles. The first-order valence-corrected chi connectivity index (χ1v) is 12.2. The highest BCUT2D eigenvalue weighted by Gasteiger charge is 2.14. The van der Waals surface area contributed by atoms with Crippen LogP contribution in [0.3, 0.4) is 0 Å². The third-order valence-electron chi connectivity index (χ3n) is 4.80. The van der Waals surface area contributed by atoms with Gasteiger partial charge in [-0.2, -0.15) is 0 Å². The first kappa shape index (κ1) is 21.9. The Bertz CT molecular complexity index is 1250. The number of halogens is 2. The Kier molecular flexibility index (Phi) is 6.22. The number of fused-ring (bicyclic) bond motifs is 7. The lowest BCUT2D eigenvalue weighted by Gasteiger charge is -2.15. The van der Waals surface area contributed by atoms with Crippen molar-refractivity contribution in [1.29, 1.82) is 4.78 Å². The average molecular weight is 460 g/mol. The van der Waals surface area contributed by atoms with Gasteiger partial charge in [-0.15, -0.1) is 0 Å². The van der Waals surface area contributed by atoms with E-state index >= 15 is 0 Å². The number of hydrogen-bond donors (Lipinski definition) is 3. The lowest BCUT2D eigenvalue weighted by molar-refractivity contribution is 0.308. The predicted octanol–water partition coefficient (Wildman–Crippen LogP) is 4.93. The van der Waals surface area contributed by atoms with Crippen molar-refractivity contribution in [2.75, 3.05) is 30.0 Å². The molecule has 1 aliphatic heterocycles. The Morgan fingerprint density at radius 1 is 1.16 bits per heavy atom. The summed E-state index contributed by atoms with van der Waals surface area (Å²) in [5.74, 6) is -0.308. The molecule has 4 rings (SSSR count). The molecule has 0 unspecified atom stereocenters. The van der Waals surface area contributed by atoms with Crippen molar-refractivity contribution in [3.05, 3.63) is 59.8 Å². The van der Waals surface area contributed by atoms with E-state index in [1.54, 1.807) is 18.2 Å². The molecule has 3 aromatic rings. The fraction of sp³-hybridized carbons (Fsp3) is 0.273.